The van der Waals surface area contributed by atoms with E-state index in [0.29, 0.717) is 11.2 Å². The highest BCUT2D eigenvalue weighted by Crippen LogP contribution is 2.10. The van der Waals surface area contributed by atoms with Crippen LogP contribution >= 0.6 is 0 Å². The van der Waals surface area contributed by atoms with Crippen molar-refractivity contribution >= 4 is 11.6 Å². The van der Waals surface area contributed by atoms with Crippen LogP contribution in [0.25, 0.3) is 5.65 Å². The quantitative estimate of drug-likeness (QED) is 0.853. The van der Waals surface area contributed by atoms with Gasteiger partial charge in [-0.15, -0.1) is 0 Å². The summed E-state index contributed by atoms with van der Waals surface area (Å²) in [7, 11) is 0. The summed E-state index contributed by atoms with van der Waals surface area (Å²) >= 11 is 0. The highest BCUT2D eigenvalue weighted by molar-refractivity contribution is 5.99. The van der Waals surface area contributed by atoms with E-state index in [1.54, 1.807) is 10.7 Å². The zero-order valence-electron chi connectivity index (χ0n) is 11.3. The monoisotopic (exact) mass is 262 g/mol. The maximum absolute atomic E-state index is 12.2. The molecule has 0 aliphatic rings. The minimum absolute atomic E-state index is 0.0882. The zero-order chi connectivity index (χ0) is 14.0. The van der Waals surface area contributed by atoms with Gasteiger partial charge in [0.25, 0.3) is 5.91 Å². The van der Waals surface area contributed by atoms with Crippen LogP contribution < -0.4 is 5.32 Å². The molecule has 2 rings (SSSR count). The third kappa shape index (κ3) is 2.73. The van der Waals surface area contributed by atoms with Crippen molar-refractivity contribution in [2.45, 2.75) is 26.8 Å². The first kappa shape index (κ1) is 13.5. The molecule has 6 heteroatoms. The number of fused-ring (bicyclic) bond motifs is 1. The second-order valence-electron chi connectivity index (χ2n) is 4.90. The van der Waals surface area contributed by atoms with Crippen LogP contribution in [0.5, 0.6) is 0 Å². The van der Waals surface area contributed by atoms with Crippen molar-refractivity contribution in [3.05, 3.63) is 29.7 Å². The third-order valence-electron chi connectivity index (χ3n) is 3.07. The Morgan fingerprint density at radius 3 is 2.89 bits per heavy atom. The van der Waals surface area contributed by atoms with E-state index in [-0.39, 0.29) is 24.5 Å². The summed E-state index contributed by atoms with van der Waals surface area (Å²) in [5.74, 6) is -0.105. The molecule has 102 valence electrons. The highest BCUT2D eigenvalue weighted by atomic mass is 16.3. The molecule has 2 aromatic heterocycles. The average Bonchev–Trinajstić information content (AvgIpc) is 2.78. The fraction of sp³-hybridized carbons (Fsp3) is 0.462. The summed E-state index contributed by atoms with van der Waals surface area (Å²) in [4.78, 5) is 16.5. The van der Waals surface area contributed by atoms with Crippen LogP contribution in [0, 0.1) is 12.8 Å². The molecule has 2 aromatic rings. The number of carbonyl (C=O) groups is 1. The first-order chi connectivity index (χ1) is 9.02. The number of nitrogens with zero attached hydrogens (tertiary/aromatic N) is 3. The number of nitrogens with one attached hydrogen (secondary N) is 1. The maximum Gasteiger partial charge on any atom is 0.257 e. The van der Waals surface area contributed by atoms with Gasteiger partial charge in [-0.05, 0) is 18.9 Å². The fourth-order valence-electron chi connectivity index (χ4n) is 1.79. The number of aliphatic hydroxyl groups excluding tert-OH is 1. The van der Waals surface area contributed by atoms with Crippen LogP contribution in [-0.4, -0.2) is 38.3 Å². The fourth-order valence-corrected chi connectivity index (χ4v) is 1.79. The van der Waals surface area contributed by atoms with Crippen LogP contribution in [0.2, 0.25) is 0 Å². The molecule has 1 atom stereocenters. The van der Waals surface area contributed by atoms with Gasteiger partial charge in [0.2, 0.25) is 0 Å². The molecule has 0 aliphatic carbocycles. The highest BCUT2D eigenvalue weighted by Gasteiger charge is 2.19. The lowest BCUT2D eigenvalue weighted by molar-refractivity contribution is 0.0898. The summed E-state index contributed by atoms with van der Waals surface area (Å²) in [6.07, 6.45) is 3.26. The number of hydrogen-bond acceptors (Lipinski definition) is 4. The van der Waals surface area contributed by atoms with Crippen molar-refractivity contribution in [3.63, 3.8) is 0 Å². The number of amides is 1. The number of aryl methyl sites for hydroxylation is 1. The molecule has 6 nitrogen and oxygen atoms in total. The second-order valence-corrected chi connectivity index (χ2v) is 4.90. The minimum Gasteiger partial charge on any atom is -0.394 e. The number of rotatable bonds is 4. The molecule has 0 bridgehead atoms. The molecule has 0 saturated heterocycles. The molecule has 19 heavy (non-hydrogen) atoms. The van der Waals surface area contributed by atoms with Gasteiger partial charge in [-0.25, -0.2) is 9.50 Å². The van der Waals surface area contributed by atoms with Crippen molar-refractivity contribution in [2.75, 3.05) is 6.61 Å². The Morgan fingerprint density at radius 1 is 1.53 bits per heavy atom. The van der Waals surface area contributed by atoms with Gasteiger partial charge in [0.15, 0.2) is 5.65 Å². The van der Waals surface area contributed by atoms with E-state index in [1.165, 1.54) is 6.20 Å². The van der Waals surface area contributed by atoms with E-state index >= 15 is 0 Å². The normalized spacial score (nSPS) is 12.9. The van der Waals surface area contributed by atoms with E-state index in [4.69, 9.17) is 0 Å². The number of aromatic nitrogens is 3. The molecule has 0 aromatic carbocycles. The van der Waals surface area contributed by atoms with Crippen LogP contribution in [0.3, 0.4) is 0 Å². The molecule has 1 amide bonds. The summed E-state index contributed by atoms with van der Waals surface area (Å²) in [5.41, 5.74) is 1.77. The van der Waals surface area contributed by atoms with E-state index in [1.807, 2.05) is 26.8 Å². The summed E-state index contributed by atoms with van der Waals surface area (Å²) in [6.45, 7) is 5.66. The molecule has 0 fully saturated rings. The minimum atomic E-state index is -0.271. The Balaban J connectivity index is 2.29. The van der Waals surface area contributed by atoms with Gasteiger partial charge in [-0.3, -0.25) is 4.79 Å². The predicted octanol–water partition coefficient (Wildman–Crippen LogP) is 0.784. The molecular formula is C13H18N4O2. The van der Waals surface area contributed by atoms with E-state index in [2.05, 4.69) is 15.4 Å². The van der Waals surface area contributed by atoms with Crippen molar-refractivity contribution in [1.82, 2.24) is 19.9 Å². The second kappa shape index (κ2) is 5.36. The lowest BCUT2D eigenvalue weighted by atomic mass is 10.1. The Kier molecular flexibility index (Phi) is 3.80. The van der Waals surface area contributed by atoms with Crippen LogP contribution in [0.4, 0.5) is 0 Å². The number of aliphatic hydroxyl groups is 1. The van der Waals surface area contributed by atoms with Crippen LogP contribution in [0.15, 0.2) is 18.5 Å². The third-order valence-corrected chi connectivity index (χ3v) is 3.07. The molecule has 0 spiro atoms. The molecule has 0 radical (unpaired) electrons. The van der Waals surface area contributed by atoms with E-state index < -0.39 is 0 Å². The Morgan fingerprint density at radius 2 is 2.26 bits per heavy atom. The summed E-state index contributed by atoms with van der Waals surface area (Å²) < 4.78 is 1.56. The van der Waals surface area contributed by atoms with Gasteiger partial charge in [-0.1, -0.05) is 13.8 Å². The SMILES string of the molecule is Cc1ccn2ncc(C(=O)N[C@H](CO)C(C)C)c2n1. The standard InChI is InChI=1S/C13H18N4O2/c1-8(2)11(7-18)16-13(19)10-6-14-17-5-4-9(3)15-12(10)17/h4-6,8,11,18H,7H2,1-3H3,(H,16,19)/t11-/m1/s1. The van der Waals surface area contributed by atoms with Gasteiger partial charge in [0, 0.05) is 11.9 Å². The Hall–Kier alpha value is -1.95. The molecule has 2 heterocycles. The first-order valence-corrected chi connectivity index (χ1v) is 6.25. The van der Waals surface area contributed by atoms with Gasteiger partial charge in [0.1, 0.15) is 5.56 Å². The Labute approximate surface area is 111 Å². The van der Waals surface area contributed by atoms with Crippen molar-refractivity contribution in [3.8, 4) is 0 Å². The predicted molar refractivity (Wildman–Crippen MR) is 70.9 cm³/mol. The topological polar surface area (TPSA) is 79.5 Å². The van der Waals surface area contributed by atoms with Gasteiger partial charge < -0.3 is 10.4 Å². The molecule has 0 saturated carbocycles. The van der Waals surface area contributed by atoms with E-state index in [9.17, 15) is 9.90 Å². The largest absolute Gasteiger partial charge is 0.394 e. The van der Waals surface area contributed by atoms with E-state index in [0.717, 1.165) is 5.69 Å². The van der Waals surface area contributed by atoms with Crippen molar-refractivity contribution in [2.24, 2.45) is 5.92 Å². The lowest BCUT2D eigenvalue weighted by Gasteiger charge is -2.19. The van der Waals surface area contributed by atoms with Crippen molar-refractivity contribution < 1.29 is 9.90 Å². The van der Waals surface area contributed by atoms with Gasteiger partial charge >= 0.3 is 0 Å². The first-order valence-electron chi connectivity index (χ1n) is 6.25. The smallest absolute Gasteiger partial charge is 0.257 e. The molecule has 0 aliphatic heterocycles. The van der Waals surface area contributed by atoms with Gasteiger partial charge in [-0.2, -0.15) is 5.10 Å². The number of carbonyl (C=O) groups excluding carboxylic acids is 1. The molecule has 2 N–H and O–H groups in total. The molecular weight excluding hydrogens is 244 g/mol. The maximum atomic E-state index is 12.2. The van der Waals surface area contributed by atoms with Crippen molar-refractivity contribution in [1.29, 1.82) is 0 Å². The van der Waals surface area contributed by atoms with Crippen LogP contribution in [0.1, 0.15) is 29.9 Å². The number of hydrogen-bond donors (Lipinski definition) is 2. The summed E-state index contributed by atoms with van der Waals surface area (Å²) in [6, 6.07) is 1.55. The van der Waals surface area contributed by atoms with Crippen LogP contribution in [-0.2, 0) is 0 Å². The Bertz CT molecular complexity index is 591. The molecule has 0 unspecified atom stereocenters. The average molecular weight is 262 g/mol. The summed E-state index contributed by atoms with van der Waals surface area (Å²) in [5, 5.41) is 16.1. The lowest BCUT2D eigenvalue weighted by Crippen LogP contribution is -2.41. The van der Waals surface area contributed by atoms with Gasteiger partial charge in [0.05, 0.1) is 18.8 Å². The zero-order valence-corrected chi connectivity index (χ0v) is 11.3.